The molecule has 0 aliphatic heterocycles. The Hall–Kier alpha value is -1.20. The van der Waals surface area contributed by atoms with Gasteiger partial charge >= 0.3 is 0 Å². The van der Waals surface area contributed by atoms with Crippen LogP contribution in [0.15, 0.2) is 6.07 Å². The summed E-state index contributed by atoms with van der Waals surface area (Å²) in [5, 5.41) is 20.8. The lowest BCUT2D eigenvalue weighted by Gasteiger charge is -2.10. The molecule has 84 valence electrons. The summed E-state index contributed by atoms with van der Waals surface area (Å²) in [6.45, 7) is 3.88. The molecule has 0 fully saturated rings. The summed E-state index contributed by atoms with van der Waals surface area (Å²) in [5.41, 5.74) is 0.962. The van der Waals surface area contributed by atoms with Crippen LogP contribution in [0.5, 0.6) is 0 Å². The number of nitrogens with one attached hydrogen (secondary N) is 1. The Bertz CT molecular complexity index is 318. The summed E-state index contributed by atoms with van der Waals surface area (Å²) in [5.74, 6) is 1.39. The molecule has 1 aromatic rings. The molecule has 5 heteroatoms. The van der Waals surface area contributed by atoms with Crippen molar-refractivity contribution in [3.63, 3.8) is 0 Å². The quantitative estimate of drug-likeness (QED) is 0.644. The number of anilines is 1. The number of aliphatic hydroxyl groups excluding tert-OH is 2. The monoisotopic (exact) mass is 211 g/mol. The summed E-state index contributed by atoms with van der Waals surface area (Å²) in [7, 11) is 0. The summed E-state index contributed by atoms with van der Waals surface area (Å²) < 4.78 is 0. The first-order valence-corrected chi connectivity index (χ1v) is 5.03. The normalized spacial score (nSPS) is 12.5. The topological polar surface area (TPSA) is 78.3 Å². The maximum absolute atomic E-state index is 9.16. The molecular formula is C10H17N3O2. The van der Waals surface area contributed by atoms with Gasteiger partial charge in [-0.25, -0.2) is 9.97 Å². The molecule has 1 rings (SSSR count). The highest BCUT2D eigenvalue weighted by Gasteiger charge is 2.03. The van der Waals surface area contributed by atoms with Gasteiger partial charge in [0.15, 0.2) is 0 Å². The maximum Gasteiger partial charge on any atom is 0.130 e. The predicted molar refractivity (Wildman–Crippen MR) is 57.7 cm³/mol. The molecule has 0 saturated carbocycles. The summed E-state index contributed by atoms with van der Waals surface area (Å²) in [4.78, 5) is 8.41. The zero-order valence-corrected chi connectivity index (χ0v) is 9.06. The van der Waals surface area contributed by atoms with Crippen molar-refractivity contribution < 1.29 is 10.2 Å². The number of aliphatic hydroxyl groups is 2. The zero-order valence-electron chi connectivity index (χ0n) is 9.06. The van der Waals surface area contributed by atoms with E-state index in [4.69, 9.17) is 10.2 Å². The number of nitrogens with zero attached hydrogens (tertiary/aromatic N) is 2. The Kier molecular flexibility index (Phi) is 4.45. The average molecular weight is 211 g/mol. The molecule has 0 aromatic carbocycles. The number of hydrogen-bond acceptors (Lipinski definition) is 5. The van der Waals surface area contributed by atoms with E-state index in [0.29, 0.717) is 11.6 Å². The van der Waals surface area contributed by atoms with Gasteiger partial charge in [0.05, 0.1) is 12.7 Å². The molecule has 1 aromatic heterocycles. The van der Waals surface area contributed by atoms with Crippen LogP contribution < -0.4 is 5.32 Å². The molecule has 5 nitrogen and oxygen atoms in total. The number of hydrogen-bond donors (Lipinski definition) is 3. The van der Waals surface area contributed by atoms with Crippen molar-refractivity contribution in [3.05, 3.63) is 17.6 Å². The van der Waals surface area contributed by atoms with E-state index >= 15 is 0 Å². The largest absolute Gasteiger partial charge is 0.394 e. The molecule has 0 aliphatic rings. The van der Waals surface area contributed by atoms with Crippen molar-refractivity contribution in [2.24, 2.45) is 0 Å². The highest BCUT2D eigenvalue weighted by molar-refractivity contribution is 5.36. The molecule has 0 saturated heterocycles. The van der Waals surface area contributed by atoms with Crippen LogP contribution in [0.1, 0.15) is 18.4 Å². The van der Waals surface area contributed by atoms with Gasteiger partial charge in [-0.15, -0.1) is 0 Å². The number of aryl methyl sites for hydroxylation is 2. The highest BCUT2D eigenvalue weighted by Crippen LogP contribution is 2.06. The Morgan fingerprint density at radius 1 is 1.47 bits per heavy atom. The zero-order chi connectivity index (χ0) is 11.3. The van der Waals surface area contributed by atoms with Gasteiger partial charge < -0.3 is 15.5 Å². The van der Waals surface area contributed by atoms with Gasteiger partial charge in [0.25, 0.3) is 0 Å². The van der Waals surface area contributed by atoms with E-state index in [1.165, 1.54) is 0 Å². The Labute approximate surface area is 89.2 Å². The van der Waals surface area contributed by atoms with Gasteiger partial charge in [0.1, 0.15) is 11.6 Å². The van der Waals surface area contributed by atoms with Gasteiger partial charge in [-0.1, -0.05) is 6.92 Å². The molecule has 0 radical (unpaired) electrons. The van der Waals surface area contributed by atoms with E-state index in [0.717, 1.165) is 12.1 Å². The average Bonchev–Trinajstić information content (AvgIpc) is 2.25. The molecule has 0 spiro atoms. The maximum atomic E-state index is 9.16. The first-order valence-electron chi connectivity index (χ1n) is 5.03. The van der Waals surface area contributed by atoms with E-state index in [9.17, 15) is 0 Å². The Balaban J connectivity index is 2.64. The van der Waals surface area contributed by atoms with Crippen LogP contribution in [0.4, 0.5) is 5.82 Å². The summed E-state index contributed by atoms with van der Waals surface area (Å²) in [6.07, 6.45) is 0.0889. The first-order chi connectivity index (χ1) is 7.15. The van der Waals surface area contributed by atoms with E-state index in [1.54, 1.807) is 0 Å². The second-order valence-corrected chi connectivity index (χ2v) is 3.36. The SMILES string of the molecule is CCc1cc(NC[C@@H](O)CO)nc(C)n1. The van der Waals surface area contributed by atoms with Crippen LogP contribution in [-0.2, 0) is 6.42 Å². The lowest BCUT2D eigenvalue weighted by atomic mass is 10.3. The first kappa shape index (κ1) is 11.9. The van der Waals surface area contributed by atoms with Gasteiger partial charge in [0.2, 0.25) is 0 Å². The van der Waals surface area contributed by atoms with E-state index in [2.05, 4.69) is 15.3 Å². The van der Waals surface area contributed by atoms with Crippen molar-refractivity contribution >= 4 is 5.82 Å². The van der Waals surface area contributed by atoms with Crippen molar-refractivity contribution in [1.82, 2.24) is 9.97 Å². The van der Waals surface area contributed by atoms with E-state index in [-0.39, 0.29) is 13.2 Å². The van der Waals surface area contributed by atoms with Crippen molar-refractivity contribution in [1.29, 1.82) is 0 Å². The Morgan fingerprint density at radius 2 is 2.20 bits per heavy atom. The van der Waals surface area contributed by atoms with Crippen molar-refractivity contribution in [2.45, 2.75) is 26.4 Å². The third-order valence-electron chi connectivity index (χ3n) is 1.98. The van der Waals surface area contributed by atoms with Crippen LogP contribution >= 0.6 is 0 Å². The smallest absolute Gasteiger partial charge is 0.130 e. The third-order valence-corrected chi connectivity index (χ3v) is 1.98. The van der Waals surface area contributed by atoms with Crippen LogP contribution in [0.2, 0.25) is 0 Å². The second-order valence-electron chi connectivity index (χ2n) is 3.36. The van der Waals surface area contributed by atoms with Gasteiger partial charge in [-0.2, -0.15) is 0 Å². The minimum Gasteiger partial charge on any atom is -0.394 e. The fourth-order valence-corrected chi connectivity index (χ4v) is 1.19. The lowest BCUT2D eigenvalue weighted by molar-refractivity contribution is 0.105. The molecule has 0 aliphatic carbocycles. The van der Waals surface area contributed by atoms with Gasteiger partial charge in [-0.05, 0) is 13.3 Å². The summed E-state index contributed by atoms with van der Waals surface area (Å²) in [6, 6.07) is 1.84. The van der Waals surface area contributed by atoms with Crippen molar-refractivity contribution in [3.8, 4) is 0 Å². The van der Waals surface area contributed by atoms with E-state index in [1.807, 2.05) is 19.9 Å². The molecule has 0 unspecified atom stereocenters. The standard InChI is InChI=1S/C10H17N3O2/c1-3-8-4-10(13-7(2)12-8)11-5-9(15)6-14/h4,9,14-15H,3,5-6H2,1-2H3,(H,11,12,13)/t9-/m1/s1. The van der Waals surface area contributed by atoms with Crippen LogP contribution in [-0.4, -0.2) is 39.4 Å². The third kappa shape index (κ3) is 3.81. The van der Waals surface area contributed by atoms with Crippen LogP contribution in [0.25, 0.3) is 0 Å². The molecule has 15 heavy (non-hydrogen) atoms. The van der Waals surface area contributed by atoms with Crippen molar-refractivity contribution in [2.75, 3.05) is 18.5 Å². The molecule has 0 amide bonds. The molecule has 3 N–H and O–H groups in total. The predicted octanol–water partition coefficient (Wildman–Crippen LogP) is 0.113. The van der Waals surface area contributed by atoms with Gasteiger partial charge in [0, 0.05) is 18.3 Å². The fourth-order valence-electron chi connectivity index (χ4n) is 1.19. The lowest BCUT2D eigenvalue weighted by Crippen LogP contribution is -2.23. The second kappa shape index (κ2) is 5.63. The molecule has 1 heterocycles. The molecule has 0 bridgehead atoms. The minimum atomic E-state index is -0.759. The van der Waals surface area contributed by atoms with Gasteiger partial charge in [-0.3, -0.25) is 0 Å². The van der Waals surface area contributed by atoms with Crippen LogP contribution in [0.3, 0.4) is 0 Å². The minimum absolute atomic E-state index is 0.252. The fraction of sp³-hybridized carbons (Fsp3) is 0.600. The number of rotatable bonds is 5. The highest BCUT2D eigenvalue weighted by atomic mass is 16.3. The van der Waals surface area contributed by atoms with Crippen LogP contribution in [0, 0.1) is 6.92 Å². The summed E-state index contributed by atoms with van der Waals surface area (Å²) >= 11 is 0. The van der Waals surface area contributed by atoms with E-state index < -0.39 is 6.10 Å². The Morgan fingerprint density at radius 3 is 2.80 bits per heavy atom. The number of aromatic nitrogens is 2. The molecular weight excluding hydrogens is 194 g/mol. The molecule has 1 atom stereocenters.